The van der Waals surface area contributed by atoms with Crippen LogP contribution in [-0.4, -0.2) is 0 Å². The van der Waals surface area contributed by atoms with Crippen molar-refractivity contribution in [2.45, 2.75) is 199 Å². The predicted octanol–water partition coefficient (Wildman–Crippen LogP) is 15.3. The molecule has 6 unspecified atom stereocenters. The normalized spacial score (nSPS) is 40.3. The van der Waals surface area contributed by atoms with E-state index in [-0.39, 0.29) is 0 Å². The predicted molar refractivity (Wildman–Crippen MR) is 214 cm³/mol. The number of allylic oxidation sites excluding steroid dienone is 4. The molecule has 6 aliphatic carbocycles. The van der Waals surface area contributed by atoms with E-state index in [1.807, 2.05) is 0 Å². The maximum Gasteiger partial charge on any atom is -0.0179 e. The van der Waals surface area contributed by atoms with E-state index in [9.17, 15) is 0 Å². The summed E-state index contributed by atoms with van der Waals surface area (Å²) in [4.78, 5) is 0. The van der Waals surface area contributed by atoms with Crippen molar-refractivity contribution in [2.75, 3.05) is 0 Å². The van der Waals surface area contributed by atoms with E-state index in [4.69, 9.17) is 0 Å². The van der Waals surface area contributed by atoms with E-state index in [1.165, 1.54) is 51.4 Å². The molecule has 6 atom stereocenters. The molecule has 0 nitrogen and oxygen atoms in total. The molecule has 0 spiro atoms. The lowest BCUT2D eigenvalue weighted by molar-refractivity contribution is -0.126. The maximum absolute atomic E-state index is 2.59. The van der Waals surface area contributed by atoms with Crippen molar-refractivity contribution < 1.29 is 0 Å². The molecule has 6 aliphatic rings. The second-order valence-corrected chi connectivity index (χ2v) is 22.4. The van der Waals surface area contributed by atoms with E-state index in [0.29, 0.717) is 16.2 Å². The Morgan fingerprint density at radius 2 is 0.694 bits per heavy atom. The zero-order valence-corrected chi connectivity index (χ0v) is 35.2. The van der Waals surface area contributed by atoms with Crippen molar-refractivity contribution in [3.8, 4) is 0 Å². The fourth-order valence-electron chi connectivity index (χ4n) is 15.1. The molecule has 0 saturated heterocycles. The van der Waals surface area contributed by atoms with Gasteiger partial charge in [0, 0.05) is 0 Å². The van der Waals surface area contributed by atoms with E-state index < -0.39 is 0 Å². The quantitative estimate of drug-likeness (QED) is 0.246. The van der Waals surface area contributed by atoms with Gasteiger partial charge in [-0.3, -0.25) is 0 Å². The molecule has 0 aromatic carbocycles. The van der Waals surface area contributed by atoms with Crippen LogP contribution >= 0.6 is 0 Å². The van der Waals surface area contributed by atoms with Crippen LogP contribution in [0.1, 0.15) is 199 Å². The van der Waals surface area contributed by atoms with Crippen LogP contribution in [0.2, 0.25) is 0 Å². The first kappa shape index (κ1) is 38.2. The van der Waals surface area contributed by atoms with Crippen molar-refractivity contribution in [2.24, 2.45) is 87.3 Å². The highest BCUT2D eigenvalue weighted by Gasteiger charge is 2.66. The summed E-state index contributed by atoms with van der Waals surface area (Å²) in [5.74, 6) is 11.6. The summed E-state index contributed by atoms with van der Waals surface area (Å²) >= 11 is 0. The average Bonchev–Trinajstić information content (AvgIpc) is 3.71. The molecule has 0 aromatic rings. The summed E-state index contributed by atoms with van der Waals surface area (Å²) in [7, 11) is 0. The highest BCUT2D eigenvalue weighted by molar-refractivity contribution is 5.18. The van der Waals surface area contributed by atoms with Gasteiger partial charge in [-0.1, -0.05) is 76.7 Å². The fraction of sp³-hybridized carbons (Fsp3) is 0.918. The van der Waals surface area contributed by atoms with Gasteiger partial charge >= 0.3 is 0 Å². The minimum atomic E-state index is 0.460. The minimum Gasteiger partial charge on any atom is -0.0772 e. The number of hydrogen-bond donors (Lipinski definition) is 0. The highest BCUT2D eigenvalue weighted by Crippen LogP contribution is 2.73. The third-order valence-corrected chi connectivity index (χ3v) is 18.1. The largest absolute Gasteiger partial charge is 0.0772 e. The molecule has 6 rings (SSSR count). The summed E-state index contributed by atoms with van der Waals surface area (Å²) in [5, 5.41) is 0. The lowest BCUT2D eigenvalue weighted by Crippen LogP contribution is -2.55. The molecule has 49 heavy (non-hydrogen) atoms. The van der Waals surface area contributed by atoms with Crippen LogP contribution in [0.3, 0.4) is 0 Å². The van der Waals surface area contributed by atoms with Crippen LogP contribution in [0.25, 0.3) is 0 Å². The first-order valence-corrected chi connectivity index (χ1v) is 22.3. The molecular weight excluding hydrogens is 589 g/mol. The topological polar surface area (TPSA) is 0 Å². The van der Waals surface area contributed by atoms with Gasteiger partial charge < -0.3 is 0 Å². The summed E-state index contributed by atoms with van der Waals surface area (Å²) < 4.78 is 0. The molecule has 280 valence electrons. The molecule has 0 aromatic heterocycles. The fourth-order valence-corrected chi connectivity index (χ4v) is 15.1. The summed E-state index contributed by atoms with van der Waals surface area (Å²) in [6.45, 7) is 30.0. The Morgan fingerprint density at radius 1 is 0.367 bits per heavy atom. The van der Waals surface area contributed by atoms with Crippen LogP contribution in [0.15, 0.2) is 22.3 Å². The summed E-state index contributed by atoms with van der Waals surface area (Å²) in [6, 6.07) is 0. The highest BCUT2D eigenvalue weighted by atomic mass is 14.7. The number of rotatable bonds is 6. The molecule has 0 amide bonds. The smallest absolute Gasteiger partial charge is 0.0179 e. The molecule has 6 fully saturated rings. The number of fused-ring (bicyclic) bond motifs is 3. The second kappa shape index (κ2) is 14.7. The Morgan fingerprint density at radius 3 is 1.02 bits per heavy atom. The van der Waals surface area contributed by atoms with Crippen molar-refractivity contribution in [1.29, 1.82) is 0 Å². The lowest BCUT2D eigenvalue weighted by atomic mass is 9.43. The summed E-state index contributed by atoms with van der Waals surface area (Å²) in [6.07, 6.45) is 27.6. The van der Waals surface area contributed by atoms with Gasteiger partial charge in [0.05, 0.1) is 0 Å². The number of hydrogen-bond acceptors (Lipinski definition) is 0. The van der Waals surface area contributed by atoms with Gasteiger partial charge in [0.15, 0.2) is 0 Å². The van der Waals surface area contributed by atoms with Crippen molar-refractivity contribution in [3.63, 3.8) is 0 Å². The van der Waals surface area contributed by atoms with Crippen LogP contribution in [0.5, 0.6) is 0 Å². The van der Waals surface area contributed by atoms with Crippen LogP contribution in [0.4, 0.5) is 0 Å². The standard InChI is InChI=1S/C49H84/c1-31(2)33(5)35-17-21-38(22-18-35)49(37-15-13-14-16-37,39-23-19-36(20-24-39)34(6)32(3)4)46-42-27-25-40(47(7,8)9)29-44(42)45-30-41(48(10,11)12)26-28-43(45)46/h35-46H,13-30H2,1-12H3. The maximum atomic E-state index is 2.59. The molecule has 0 aliphatic heterocycles. The SMILES string of the molecule is CC(C)=C(C)C1CCC(C(C2CCCC2)(C2CCC(C(C)=C(C)C)CC2)C2C3CCC(C(C)(C)C)CC3C3CC(C(C)(C)C)CCC32)CC1. The lowest BCUT2D eigenvalue weighted by Gasteiger charge is -2.61. The van der Waals surface area contributed by atoms with E-state index in [2.05, 4.69) is 83.1 Å². The van der Waals surface area contributed by atoms with E-state index in [0.717, 1.165) is 71.0 Å². The van der Waals surface area contributed by atoms with Crippen molar-refractivity contribution in [1.82, 2.24) is 0 Å². The van der Waals surface area contributed by atoms with E-state index in [1.54, 1.807) is 86.5 Å². The Bertz CT molecular complexity index is 1080. The molecule has 0 heterocycles. The summed E-state index contributed by atoms with van der Waals surface area (Å²) in [5.41, 5.74) is 8.21. The zero-order valence-electron chi connectivity index (χ0n) is 35.2. The van der Waals surface area contributed by atoms with Gasteiger partial charge in [-0.15, -0.1) is 0 Å². The Hall–Kier alpha value is -0.520. The van der Waals surface area contributed by atoms with Gasteiger partial charge in [-0.25, -0.2) is 0 Å². The van der Waals surface area contributed by atoms with Gasteiger partial charge in [0.2, 0.25) is 0 Å². The van der Waals surface area contributed by atoms with Crippen LogP contribution < -0.4 is 0 Å². The van der Waals surface area contributed by atoms with Crippen LogP contribution in [-0.2, 0) is 0 Å². The van der Waals surface area contributed by atoms with Crippen molar-refractivity contribution >= 4 is 0 Å². The first-order valence-electron chi connectivity index (χ1n) is 22.3. The first-order chi connectivity index (χ1) is 23.0. The molecule has 0 N–H and O–H groups in total. The average molecular weight is 673 g/mol. The third kappa shape index (κ3) is 7.24. The Kier molecular flexibility index (Phi) is 11.5. The molecule has 0 radical (unpaired) electrons. The molecule has 0 bridgehead atoms. The zero-order chi connectivity index (χ0) is 35.5. The van der Waals surface area contributed by atoms with Gasteiger partial charge in [-0.05, 0) is 232 Å². The minimum absolute atomic E-state index is 0.460. The van der Waals surface area contributed by atoms with Crippen molar-refractivity contribution in [3.05, 3.63) is 22.3 Å². The van der Waals surface area contributed by atoms with Gasteiger partial charge in [0.25, 0.3) is 0 Å². The second-order valence-electron chi connectivity index (χ2n) is 22.4. The molecule has 0 heteroatoms. The Labute approximate surface area is 307 Å². The van der Waals surface area contributed by atoms with Gasteiger partial charge in [-0.2, -0.15) is 0 Å². The van der Waals surface area contributed by atoms with Gasteiger partial charge in [0.1, 0.15) is 0 Å². The van der Waals surface area contributed by atoms with Crippen LogP contribution in [0, 0.1) is 87.3 Å². The molecule has 6 saturated carbocycles. The molecular formula is C49H84. The monoisotopic (exact) mass is 673 g/mol. The van der Waals surface area contributed by atoms with E-state index >= 15 is 0 Å². The third-order valence-electron chi connectivity index (χ3n) is 18.1. The Balaban J connectivity index is 1.45.